The molecule has 0 aliphatic rings. The standard InChI is InChI=1S/C14H15NO4/c1-8-6-9(7-12(16)17)15-14-11(19-3)5-4-10(18-2)13(8)14/h4-6H,7H2,1-3H3,(H,16,17). The number of hydrogen-bond donors (Lipinski definition) is 1. The summed E-state index contributed by atoms with van der Waals surface area (Å²) in [5, 5.41) is 9.70. The molecule has 2 rings (SSSR count). The number of carbonyl (C=O) groups is 1. The van der Waals surface area contributed by atoms with Crippen molar-refractivity contribution in [3.63, 3.8) is 0 Å². The molecular formula is C14H15NO4. The van der Waals surface area contributed by atoms with Crippen molar-refractivity contribution in [3.8, 4) is 11.5 Å². The number of ether oxygens (including phenoxy) is 2. The highest BCUT2D eigenvalue weighted by Crippen LogP contribution is 2.34. The van der Waals surface area contributed by atoms with Gasteiger partial charge < -0.3 is 14.6 Å². The van der Waals surface area contributed by atoms with Gasteiger partial charge in [0.2, 0.25) is 0 Å². The molecule has 5 nitrogen and oxygen atoms in total. The Bertz CT molecular complexity index is 637. The number of hydrogen-bond acceptors (Lipinski definition) is 4. The summed E-state index contributed by atoms with van der Waals surface area (Å²) in [6.07, 6.45) is -0.114. The van der Waals surface area contributed by atoms with Gasteiger partial charge in [0, 0.05) is 5.39 Å². The summed E-state index contributed by atoms with van der Waals surface area (Å²) in [7, 11) is 3.15. The number of rotatable bonds is 4. The van der Waals surface area contributed by atoms with E-state index >= 15 is 0 Å². The fraction of sp³-hybridized carbons (Fsp3) is 0.286. The first-order chi connectivity index (χ1) is 9.06. The predicted molar refractivity (Wildman–Crippen MR) is 70.9 cm³/mol. The molecule has 0 radical (unpaired) electrons. The van der Waals surface area contributed by atoms with Crippen molar-refractivity contribution in [1.29, 1.82) is 0 Å². The zero-order valence-electron chi connectivity index (χ0n) is 11.1. The zero-order chi connectivity index (χ0) is 14.0. The van der Waals surface area contributed by atoms with E-state index in [9.17, 15) is 4.79 Å². The van der Waals surface area contributed by atoms with Crippen LogP contribution >= 0.6 is 0 Å². The highest BCUT2D eigenvalue weighted by Gasteiger charge is 2.13. The van der Waals surface area contributed by atoms with E-state index in [1.807, 2.05) is 13.0 Å². The highest BCUT2D eigenvalue weighted by molar-refractivity contribution is 5.93. The van der Waals surface area contributed by atoms with E-state index in [4.69, 9.17) is 14.6 Å². The van der Waals surface area contributed by atoms with Gasteiger partial charge in [-0.15, -0.1) is 0 Å². The van der Waals surface area contributed by atoms with Crippen LogP contribution in [0.5, 0.6) is 11.5 Å². The Kier molecular flexibility index (Phi) is 3.55. The summed E-state index contributed by atoms with van der Waals surface area (Å²) in [4.78, 5) is 15.2. The van der Waals surface area contributed by atoms with Crippen LogP contribution in [-0.4, -0.2) is 30.3 Å². The average Bonchev–Trinajstić information content (AvgIpc) is 2.36. The van der Waals surface area contributed by atoms with E-state index in [1.54, 1.807) is 26.4 Å². The third-order valence-electron chi connectivity index (χ3n) is 2.91. The fourth-order valence-corrected chi connectivity index (χ4v) is 2.12. The monoisotopic (exact) mass is 261 g/mol. The van der Waals surface area contributed by atoms with Gasteiger partial charge in [-0.2, -0.15) is 0 Å². The Morgan fingerprint density at radius 2 is 1.89 bits per heavy atom. The largest absolute Gasteiger partial charge is 0.496 e. The molecule has 5 heteroatoms. The summed E-state index contributed by atoms with van der Waals surface area (Å²) in [6, 6.07) is 5.34. The number of benzene rings is 1. The van der Waals surface area contributed by atoms with Crippen LogP contribution in [0.4, 0.5) is 0 Å². The summed E-state index contributed by atoms with van der Waals surface area (Å²) in [5.74, 6) is 0.391. The maximum absolute atomic E-state index is 10.8. The molecule has 0 unspecified atom stereocenters. The second kappa shape index (κ2) is 5.14. The quantitative estimate of drug-likeness (QED) is 0.913. The molecule has 2 aromatic rings. The summed E-state index contributed by atoms with van der Waals surface area (Å²) in [5.41, 5.74) is 2.04. The van der Waals surface area contributed by atoms with Crippen molar-refractivity contribution in [2.75, 3.05) is 14.2 Å². The van der Waals surface area contributed by atoms with Gasteiger partial charge in [-0.05, 0) is 30.7 Å². The molecule has 1 aromatic carbocycles. The van der Waals surface area contributed by atoms with Crippen LogP contribution in [-0.2, 0) is 11.2 Å². The number of fused-ring (bicyclic) bond motifs is 1. The number of carboxylic acids is 1. The average molecular weight is 261 g/mol. The maximum Gasteiger partial charge on any atom is 0.309 e. The molecule has 0 aliphatic heterocycles. The first kappa shape index (κ1) is 13.1. The number of pyridine rings is 1. The van der Waals surface area contributed by atoms with Gasteiger partial charge in [0.25, 0.3) is 0 Å². The molecule has 0 amide bonds. The minimum absolute atomic E-state index is 0.114. The van der Waals surface area contributed by atoms with E-state index in [2.05, 4.69) is 4.98 Å². The number of methoxy groups -OCH3 is 2. The third-order valence-corrected chi connectivity index (χ3v) is 2.91. The Morgan fingerprint density at radius 3 is 2.47 bits per heavy atom. The summed E-state index contributed by atoms with van der Waals surface area (Å²) < 4.78 is 10.6. The van der Waals surface area contributed by atoms with Gasteiger partial charge in [-0.1, -0.05) is 0 Å². The van der Waals surface area contributed by atoms with E-state index in [0.29, 0.717) is 22.7 Å². The molecule has 0 fully saturated rings. The Labute approximate surface area is 110 Å². The number of aromatic nitrogens is 1. The second-order valence-corrected chi connectivity index (χ2v) is 4.19. The lowest BCUT2D eigenvalue weighted by atomic mass is 10.1. The third kappa shape index (κ3) is 2.45. The molecule has 0 aliphatic carbocycles. The van der Waals surface area contributed by atoms with E-state index < -0.39 is 5.97 Å². The van der Waals surface area contributed by atoms with Crippen molar-refractivity contribution in [1.82, 2.24) is 4.98 Å². The predicted octanol–water partition coefficient (Wildman–Crippen LogP) is 2.19. The summed E-state index contributed by atoms with van der Waals surface area (Å²) in [6.45, 7) is 1.90. The molecule has 19 heavy (non-hydrogen) atoms. The number of aliphatic carboxylic acids is 1. The lowest BCUT2D eigenvalue weighted by Gasteiger charge is -2.12. The van der Waals surface area contributed by atoms with Crippen molar-refractivity contribution in [3.05, 3.63) is 29.5 Å². The minimum atomic E-state index is -0.909. The molecule has 100 valence electrons. The molecule has 0 bridgehead atoms. The van der Waals surface area contributed by atoms with Crippen molar-refractivity contribution in [2.24, 2.45) is 0 Å². The van der Waals surface area contributed by atoms with Gasteiger partial charge in [-0.25, -0.2) is 4.98 Å². The second-order valence-electron chi connectivity index (χ2n) is 4.19. The van der Waals surface area contributed by atoms with Crippen LogP contribution in [0, 0.1) is 6.92 Å². The first-order valence-corrected chi connectivity index (χ1v) is 5.79. The number of aryl methyl sites for hydroxylation is 1. The van der Waals surface area contributed by atoms with Gasteiger partial charge in [-0.3, -0.25) is 4.79 Å². The van der Waals surface area contributed by atoms with E-state index in [1.165, 1.54) is 0 Å². The van der Waals surface area contributed by atoms with Crippen LogP contribution < -0.4 is 9.47 Å². The molecule has 0 spiro atoms. The molecule has 0 atom stereocenters. The highest BCUT2D eigenvalue weighted by atomic mass is 16.5. The zero-order valence-corrected chi connectivity index (χ0v) is 11.1. The Hall–Kier alpha value is -2.30. The maximum atomic E-state index is 10.8. The SMILES string of the molecule is COc1ccc(OC)c2c(C)cc(CC(=O)O)nc12. The van der Waals surface area contributed by atoms with E-state index in [-0.39, 0.29) is 6.42 Å². The first-order valence-electron chi connectivity index (χ1n) is 5.79. The molecule has 1 N–H and O–H groups in total. The summed E-state index contributed by atoms with van der Waals surface area (Å²) >= 11 is 0. The topological polar surface area (TPSA) is 68.7 Å². The molecule has 1 heterocycles. The number of carboxylic acid groups (broad SMARTS) is 1. The molecular weight excluding hydrogens is 246 g/mol. The van der Waals surface area contributed by atoms with Crippen LogP contribution in [0.15, 0.2) is 18.2 Å². The van der Waals surface area contributed by atoms with Gasteiger partial charge in [0.05, 0.1) is 26.3 Å². The van der Waals surface area contributed by atoms with Gasteiger partial charge in [0.15, 0.2) is 0 Å². The minimum Gasteiger partial charge on any atom is -0.496 e. The van der Waals surface area contributed by atoms with Gasteiger partial charge in [0.1, 0.15) is 17.0 Å². The lowest BCUT2D eigenvalue weighted by Crippen LogP contribution is -2.04. The molecule has 0 saturated heterocycles. The van der Waals surface area contributed by atoms with Crippen LogP contribution in [0.3, 0.4) is 0 Å². The smallest absolute Gasteiger partial charge is 0.309 e. The Morgan fingerprint density at radius 1 is 1.26 bits per heavy atom. The van der Waals surface area contributed by atoms with Crippen LogP contribution in [0.2, 0.25) is 0 Å². The van der Waals surface area contributed by atoms with Crippen LogP contribution in [0.1, 0.15) is 11.3 Å². The van der Waals surface area contributed by atoms with Crippen LogP contribution in [0.25, 0.3) is 10.9 Å². The Balaban J connectivity index is 2.74. The molecule has 0 saturated carbocycles. The lowest BCUT2D eigenvalue weighted by molar-refractivity contribution is -0.136. The normalized spacial score (nSPS) is 10.5. The van der Waals surface area contributed by atoms with Crippen molar-refractivity contribution >= 4 is 16.9 Å². The number of nitrogens with zero attached hydrogens (tertiary/aromatic N) is 1. The van der Waals surface area contributed by atoms with Crippen molar-refractivity contribution < 1.29 is 19.4 Å². The van der Waals surface area contributed by atoms with Crippen molar-refractivity contribution in [2.45, 2.75) is 13.3 Å². The molecule has 1 aromatic heterocycles. The fourth-order valence-electron chi connectivity index (χ4n) is 2.12. The van der Waals surface area contributed by atoms with E-state index in [0.717, 1.165) is 10.9 Å². The van der Waals surface area contributed by atoms with Gasteiger partial charge >= 0.3 is 5.97 Å².